The summed E-state index contributed by atoms with van der Waals surface area (Å²) in [6.07, 6.45) is 1.46. The van der Waals surface area contributed by atoms with E-state index in [-0.39, 0.29) is 17.0 Å². The van der Waals surface area contributed by atoms with Gasteiger partial charge in [0.1, 0.15) is 0 Å². The Kier molecular flexibility index (Phi) is 5.45. The Labute approximate surface area is 170 Å². The van der Waals surface area contributed by atoms with Crippen molar-refractivity contribution in [2.75, 3.05) is 5.32 Å². The van der Waals surface area contributed by atoms with Crippen molar-refractivity contribution in [3.05, 3.63) is 89.6 Å². The second-order valence-corrected chi connectivity index (χ2v) is 7.18. The Hall–Kier alpha value is -3.03. The molecule has 6 nitrogen and oxygen atoms in total. The van der Waals surface area contributed by atoms with Crippen molar-refractivity contribution in [3.8, 4) is 0 Å². The average molecular weight is 411 g/mol. The summed E-state index contributed by atoms with van der Waals surface area (Å²) in [5.41, 5.74) is 1.74. The molecule has 2 heterocycles. The minimum absolute atomic E-state index is 0.176. The van der Waals surface area contributed by atoms with Gasteiger partial charge in [0.25, 0.3) is 5.91 Å². The van der Waals surface area contributed by atoms with E-state index in [0.717, 1.165) is 10.5 Å². The number of para-hydroxylation sites is 1. The maximum absolute atomic E-state index is 12.3. The zero-order valence-electron chi connectivity index (χ0n) is 14.6. The molecule has 0 aliphatic rings. The van der Waals surface area contributed by atoms with Gasteiger partial charge in [-0.05, 0) is 53.2 Å². The van der Waals surface area contributed by atoms with E-state index in [0.29, 0.717) is 17.4 Å². The molecule has 2 aromatic carbocycles. The largest absolute Gasteiger partial charge is 0.459 e. The average Bonchev–Trinajstić information content (AvgIpc) is 3.35. The first kappa shape index (κ1) is 18.3. The molecule has 0 radical (unpaired) electrons. The minimum Gasteiger partial charge on any atom is -0.459 e. The summed E-state index contributed by atoms with van der Waals surface area (Å²) in [4.78, 5) is 17.5. The standard InChI is InChI=1S/C20H15ClN4O2S/c21-19-23-20(25(24-19)13-14-7-2-1-3-8-14)28-17-11-5-4-9-15(17)22-18(26)16-10-6-12-27-16/h1-12H,13H2,(H,22,26). The van der Waals surface area contributed by atoms with Crippen molar-refractivity contribution >= 4 is 35.0 Å². The van der Waals surface area contributed by atoms with Crippen LogP contribution in [-0.4, -0.2) is 20.7 Å². The molecule has 0 unspecified atom stereocenters. The van der Waals surface area contributed by atoms with Crippen LogP contribution in [0.5, 0.6) is 0 Å². The smallest absolute Gasteiger partial charge is 0.291 e. The Morgan fingerprint density at radius 1 is 1.07 bits per heavy atom. The molecule has 0 saturated carbocycles. The van der Waals surface area contributed by atoms with Gasteiger partial charge in [0.15, 0.2) is 10.9 Å². The Morgan fingerprint density at radius 3 is 2.64 bits per heavy atom. The van der Waals surface area contributed by atoms with Crippen LogP contribution in [0.3, 0.4) is 0 Å². The summed E-state index contributed by atoms with van der Waals surface area (Å²) in [5.74, 6) is -0.0723. The third-order valence-corrected chi connectivity index (χ3v) is 5.09. The normalized spacial score (nSPS) is 10.8. The molecule has 8 heteroatoms. The maximum atomic E-state index is 12.3. The van der Waals surface area contributed by atoms with Crippen molar-refractivity contribution in [2.24, 2.45) is 0 Å². The number of amides is 1. The number of nitrogens with zero attached hydrogens (tertiary/aromatic N) is 3. The molecule has 2 aromatic heterocycles. The molecule has 0 spiro atoms. The summed E-state index contributed by atoms with van der Waals surface area (Å²) in [6.45, 7) is 0.545. The maximum Gasteiger partial charge on any atom is 0.291 e. The Balaban J connectivity index is 1.57. The Bertz CT molecular complexity index is 1080. The molecule has 4 aromatic rings. The van der Waals surface area contributed by atoms with Crippen molar-refractivity contribution in [1.29, 1.82) is 0 Å². The lowest BCUT2D eigenvalue weighted by Crippen LogP contribution is -2.11. The highest BCUT2D eigenvalue weighted by molar-refractivity contribution is 7.99. The number of benzene rings is 2. The van der Waals surface area contributed by atoms with E-state index in [1.165, 1.54) is 18.0 Å². The zero-order valence-corrected chi connectivity index (χ0v) is 16.2. The van der Waals surface area contributed by atoms with Gasteiger partial charge in [-0.2, -0.15) is 4.98 Å². The van der Waals surface area contributed by atoms with Gasteiger partial charge in [-0.3, -0.25) is 4.79 Å². The van der Waals surface area contributed by atoms with Gasteiger partial charge in [-0.15, -0.1) is 5.10 Å². The first-order valence-electron chi connectivity index (χ1n) is 8.45. The predicted molar refractivity (Wildman–Crippen MR) is 108 cm³/mol. The van der Waals surface area contributed by atoms with Gasteiger partial charge in [0.2, 0.25) is 5.28 Å². The van der Waals surface area contributed by atoms with Gasteiger partial charge in [-0.25, -0.2) is 4.68 Å². The van der Waals surface area contributed by atoms with Crippen LogP contribution in [0.15, 0.2) is 87.5 Å². The molecule has 140 valence electrons. The quantitative estimate of drug-likeness (QED) is 0.485. The van der Waals surface area contributed by atoms with Crippen LogP contribution in [0.1, 0.15) is 16.1 Å². The number of hydrogen-bond donors (Lipinski definition) is 1. The number of carbonyl (C=O) groups excluding carboxylic acids is 1. The highest BCUT2D eigenvalue weighted by Gasteiger charge is 2.15. The van der Waals surface area contributed by atoms with Crippen LogP contribution in [0.4, 0.5) is 5.69 Å². The number of rotatable bonds is 6. The summed E-state index contributed by atoms with van der Waals surface area (Å²) < 4.78 is 6.90. The molecule has 0 atom stereocenters. The van der Waals surface area contributed by atoms with E-state index >= 15 is 0 Å². The first-order valence-corrected chi connectivity index (χ1v) is 9.64. The van der Waals surface area contributed by atoms with Crippen LogP contribution < -0.4 is 5.32 Å². The number of aromatic nitrogens is 3. The third-order valence-electron chi connectivity index (χ3n) is 3.87. The minimum atomic E-state index is -0.318. The van der Waals surface area contributed by atoms with Crippen LogP contribution in [0.25, 0.3) is 0 Å². The lowest BCUT2D eigenvalue weighted by molar-refractivity contribution is 0.0996. The molecule has 0 bridgehead atoms. The monoisotopic (exact) mass is 410 g/mol. The fourth-order valence-electron chi connectivity index (χ4n) is 2.59. The van der Waals surface area contributed by atoms with Crippen molar-refractivity contribution in [1.82, 2.24) is 14.8 Å². The number of nitrogens with one attached hydrogen (secondary N) is 1. The third kappa shape index (κ3) is 4.27. The molecule has 0 aliphatic heterocycles. The summed E-state index contributed by atoms with van der Waals surface area (Å²) in [5, 5.41) is 7.96. The lowest BCUT2D eigenvalue weighted by Gasteiger charge is -2.10. The lowest BCUT2D eigenvalue weighted by atomic mass is 10.2. The van der Waals surface area contributed by atoms with Gasteiger partial charge in [-0.1, -0.05) is 42.5 Å². The fourth-order valence-corrected chi connectivity index (χ4v) is 3.72. The van der Waals surface area contributed by atoms with E-state index in [9.17, 15) is 4.79 Å². The van der Waals surface area contributed by atoms with Crippen molar-refractivity contribution in [3.63, 3.8) is 0 Å². The fraction of sp³-hybridized carbons (Fsp3) is 0.0500. The molecular weight excluding hydrogens is 396 g/mol. The SMILES string of the molecule is O=C(Nc1ccccc1Sc1nc(Cl)nn1Cc1ccccc1)c1ccco1. The van der Waals surface area contributed by atoms with Crippen molar-refractivity contribution < 1.29 is 9.21 Å². The number of carbonyl (C=O) groups is 1. The Morgan fingerprint density at radius 2 is 1.86 bits per heavy atom. The summed E-state index contributed by atoms with van der Waals surface area (Å²) in [6, 6.07) is 20.7. The predicted octanol–water partition coefficient (Wildman–Crippen LogP) is 4.98. The highest BCUT2D eigenvalue weighted by atomic mass is 35.5. The van der Waals surface area contributed by atoms with Gasteiger partial charge in [0, 0.05) is 4.90 Å². The molecule has 1 N–H and O–H groups in total. The van der Waals surface area contributed by atoms with Gasteiger partial charge < -0.3 is 9.73 Å². The van der Waals surface area contributed by atoms with Crippen LogP contribution >= 0.6 is 23.4 Å². The molecule has 0 fully saturated rings. The molecule has 28 heavy (non-hydrogen) atoms. The van der Waals surface area contributed by atoms with E-state index in [1.54, 1.807) is 16.8 Å². The van der Waals surface area contributed by atoms with Crippen LogP contribution in [-0.2, 0) is 6.54 Å². The molecule has 0 aliphatic carbocycles. The van der Waals surface area contributed by atoms with E-state index in [4.69, 9.17) is 16.0 Å². The topological polar surface area (TPSA) is 73.0 Å². The molecule has 0 saturated heterocycles. The molecular formula is C20H15ClN4O2S. The zero-order chi connectivity index (χ0) is 19.3. The van der Waals surface area contributed by atoms with Gasteiger partial charge in [0.05, 0.1) is 18.5 Å². The molecule has 1 amide bonds. The number of furan rings is 1. The number of halogens is 1. The summed E-state index contributed by atoms with van der Waals surface area (Å²) >= 11 is 7.43. The number of hydrogen-bond acceptors (Lipinski definition) is 5. The van der Waals surface area contributed by atoms with E-state index in [1.807, 2.05) is 54.6 Å². The van der Waals surface area contributed by atoms with Gasteiger partial charge >= 0.3 is 0 Å². The molecule has 4 rings (SSSR count). The van der Waals surface area contributed by atoms with Crippen LogP contribution in [0.2, 0.25) is 5.28 Å². The highest BCUT2D eigenvalue weighted by Crippen LogP contribution is 2.33. The number of anilines is 1. The van der Waals surface area contributed by atoms with E-state index < -0.39 is 0 Å². The first-order chi connectivity index (χ1) is 13.7. The second kappa shape index (κ2) is 8.33. The van der Waals surface area contributed by atoms with Crippen molar-refractivity contribution in [2.45, 2.75) is 16.6 Å². The summed E-state index contributed by atoms with van der Waals surface area (Å²) in [7, 11) is 0. The van der Waals surface area contributed by atoms with E-state index in [2.05, 4.69) is 15.4 Å². The van der Waals surface area contributed by atoms with Crippen LogP contribution in [0, 0.1) is 0 Å². The second-order valence-electron chi connectivity index (χ2n) is 5.84.